The Kier molecular flexibility index (Phi) is 2.64. The van der Waals surface area contributed by atoms with Gasteiger partial charge >= 0.3 is 0 Å². The highest BCUT2D eigenvalue weighted by molar-refractivity contribution is 8.00. The van der Waals surface area contributed by atoms with E-state index in [1.165, 1.54) is 0 Å². The molecule has 1 aliphatic heterocycles. The van der Waals surface area contributed by atoms with Gasteiger partial charge in [0.05, 0.1) is 18.6 Å². The molecular formula is C11H11N3O2S. The van der Waals surface area contributed by atoms with Crippen LogP contribution in [0.5, 0.6) is 0 Å². The van der Waals surface area contributed by atoms with Crippen LogP contribution in [0.15, 0.2) is 35.2 Å². The Hall–Kier alpha value is -1.69. The van der Waals surface area contributed by atoms with Gasteiger partial charge in [-0.3, -0.25) is 4.79 Å². The first-order valence-electron chi connectivity index (χ1n) is 5.27. The van der Waals surface area contributed by atoms with E-state index in [-0.39, 0.29) is 11.3 Å². The average molecular weight is 249 g/mol. The van der Waals surface area contributed by atoms with Gasteiger partial charge in [-0.15, -0.1) is 11.8 Å². The fourth-order valence-corrected chi connectivity index (χ4v) is 2.96. The highest BCUT2D eigenvalue weighted by Gasteiger charge is 2.34. The lowest BCUT2D eigenvalue weighted by Crippen LogP contribution is -2.27. The van der Waals surface area contributed by atoms with Gasteiger partial charge in [0.2, 0.25) is 5.91 Å². The Morgan fingerprint density at radius 3 is 3.29 bits per heavy atom. The predicted molar refractivity (Wildman–Crippen MR) is 63.0 cm³/mol. The zero-order valence-electron chi connectivity index (χ0n) is 9.00. The van der Waals surface area contributed by atoms with Crippen molar-refractivity contribution in [2.24, 2.45) is 0 Å². The van der Waals surface area contributed by atoms with E-state index in [1.54, 1.807) is 35.3 Å². The van der Waals surface area contributed by atoms with Gasteiger partial charge in [-0.05, 0) is 12.1 Å². The van der Waals surface area contributed by atoms with Gasteiger partial charge in [0.25, 0.3) is 0 Å². The van der Waals surface area contributed by atoms with Crippen LogP contribution in [0.1, 0.15) is 17.0 Å². The number of amides is 1. The van der Waals surface area contributed by atoms with E-state index in [9.17, 15) is 4.79 Å². The van der Waals surface area contributed by atoms with E-state index in [2.05, 4.69) is 9.97 Å². The molecule has 3 rings (SSSR count). The molecule has 1 atom stereocenters. The largest absolute Gasteiger partial charge is 0.467 e. The molecule has 88 valence electrons. The first-order chi connectivity index (χ1) is 8.34. The Morgan fingerprint density at radius 1 is 1.65 bits per heavy atom. The maximum atomic E-state index is 11.8. The minimum Gasteiger partial charge on any atom is -0.467 e. The van der Waals surface area contributed by atoms with Crippen molar-refractivity contribution in [1.82, 2.24) is 14.9 Å². The lowest BCUT2D eigenvalue weighted by Gasteiger charge is -2.20. The normalized spacial score (nSPS) is 20.1. The van der Waals surface area contributed by atoms with Crippen LogP contribution in [0.4, 0.5) is 0 Å². The van der Waals surface area contributed by atoms with Gasteiger partial charge < -0.3 is 14.3 Å². The smallest absolute Gasteiger partial charge is 0.234 e. The number of rotatable bonds is 3. The molecule has 0 bridgehead atoms. The van der Waals surface area contributed by atoms with Crippen LogP contribution in [0.3, 0.4) is 0 Å². The summed E-state index contributed by atoms with van der Waals surface area (Å²) in [6.07, 6.45) is 5.08. The van der Waals surface area contributed by atoms with Gasteiger partial charge in [-0.25, -0.2) is 4.98 Å². The molecule has 1 saturated heterocycles. The summed E-state index contributed by atoms with van der Waals surface area (Å²) in [5, 5.41) is -0.0393. The van der Waals surface area contributed by atoms with E-state index in [4.69, 9.17) is 4.42 Å². The molecule has 5 nitrogen and oxygen atoms in total. The number of carbonyl (C=O) groups excluding carboxylic acids is 1. The highest BCUT2D eigenvalue weighted by Crippen LogP contribution is 2.37. The maximum Gasteiger partial charge on any atom is 0.234 e. The van der Waals surface area contributed by atoms with E-state index in [0.717, 1.165) is 11.6 Å². The van der Waals surface area contributed by atoms with Crippen molar-refractivity contribution in [3.63, 3.8) is 0 Å². The lowest BCUT2D eigenvalue weighted by atomic mass is 10.3. The summed E-state index contributed by atoms with van der Waals surface area (Å²) in [5.74, 6) is 2.21. The SMILES string of the molecule is O=C1CSC(c2ncc[nH]2)N1Cc1ccco1. The number of nitrogens with zero attached hydrogens (tertiary/aromatic N) is 2. The fourth-order valence-electron chi connectivity index (χ4n) is 1.83. The molecule has 3 heterocycles. The van der Waals surface area contributed by atoms with Crippen molar-refractivity contribution in [3.8, 4) is 0 Å². The second-order valence-corrected chi connectivity index (χ2v) is 4.81. The Bertz CT molecular complexity index is 495. The highest BCUT2D eigenvalue weighted by atomic mass is 32.2. The summed E-state index contributed by atoms with van der Waals surface area (Å²) in [7, 11) is 0. The van der Waals surface area contributed by atoms with Gasteiger partial charge in [0.1, 0.15) is 17.0 Å². The van der Waals surface area contributed by atoms with Crippen LogP contribution in [0.2, 0.25) is 0 Å². The minimum absolute atomic E-state index is 0.0393. The second kappa shape index (κ2) is 4.29. The number of aromatic nitrogens is 2. The number of hydrogen-bond donors (Lipinski definition) is 1. The Labute approximate surface area is 102 Å². The predicted octanol–water partition coefficient (Wildman–Crippen LogP) is 1.78. The summed E-state index contributed by atoms with van der Waals surface area (Å²) in [5.41, 5.74) is 0. The van der Waals surface area contributed by atoms with E-state index in [0.29, 0.717) is 12.3 Å². The topological polar surface area (TPSA) is 62.1 Å². The van der Waals surface area contributed by atoms with Gasteiger partial charge in [0, 0.05) is 12.4 Å². The molecule has 2 aromatic rings. The number of hydrogen-bond acceptors (Lipinski definition) is 4. The molecule has 0 radical (unpaired) electrons. The van der Waals surface area contributed by atoms with Crippen LogP contribution >= 0.6 is 11.8 Å². The summed E-state index contributed by atoms with van der Waals surface area (Å²) in [4.78, 5) is 20.9. The Morgan fingerprint density at radius 2 is 2.59 bits per heavy atom. The molecule has 17 heavy (non-hydrogen) atoms. The quantitative estimate of drug-likeness (QED) is 0.900. The number of H-pyrrole nitrogens is 1. The van der Waals surface area contributed by atoms with Crippen molar-refractivity contribution in [1.29, 1.82) is 0 Å². The fraction of sp³-hybridized carbons (Fsp3) is 0.273. The molecule has 6 heteroatoms. The summed E-state index contributed by atoms with van der Waals surface area (Å²) < 4.78 is 5.28. The number of furan rings is 1. The third kappa shape index (κ3) is 1.95. The summed E-state index contributed by atoms with van der Waals surface area (Å²) in [6.45, 7) is 0.490. The van der Waals surface area contributed by atoms with Gasteiger partial charge in [-0.1, -0.05) is 0 Å². The molecule has 0 aliphatic carbocycles. The van der Waals surface area contributed by atoms with Gasteiger partial charge in [0.15, 0.2) is 0 Å². The van der Waals surface area contributed by atoms with Crippen molar-refractivity contribution < 1.29 is 9.21 Å². The Balaban J connectivity index is 1.82. The van der Waals surface area contributed by atoms with Crippen LogP contribution in [-0.2, 0) is 11.3 Å². The molecule has 1 N–H and O–H groups in total. The molecule has 1 aliphatic rings. The van der Waals surface area contributed by atoms with Crippen molar-refractivity contribution in [3.05, 3.63) is 42.4 Å². The van der Waals surface area contributed by atoms with E-state index < -0.39 is 0 Å². The van der Waals surface area contributed by atoms with E-state index in [1.807, 2.05) is 12.1 Å². The molecule has 1 fully saturated rings. The number of thioether (sulfide) groups is 1. The monoisotopic (exact) mass is 249 g/mol. The number of aromatic amines is 1. The molecule has 2 aromatic heterocycles. The summed E-state index contributed by atoms with van der Waals surface area (Å²) >= 11 is 1.58. The molecule has 0 saturated carbocycles. The third-order valence-electron chi connectivity index (χ3n) is 2.63. The van der Waals surface area contributed by atoms with E-state index >= 15 is 0 Å². The third-order valence-corrected chi connectivity index (χ3v) is 3.83. The van der Waals surface area contributed by atoms with Crippen LogP contribution in [0.25, 0.3) is 0 Å². The molecule has 1 unspecified atom stereocenters. The van der Waals surface area contributed by atoms with Gasteiger partial charge in [-0.2, -0.15) is 0 Å². The van der Waals surface area contributed by atoms with Crippen LogP contribution in [-0.4, -0.2) is 26.5 Å². The average Bonchev–Trinajstić information content (AvgIpc) is 3.03. The minimum atomic E-state index is -0.0393. The first kappa shape index (κ1) is 10.5. The molecular weight excluding hydrogens is 238 g/mol. The molecule has 0 spiro atoms. The zero-order valence-corrected chi connectivity index (χ0v) is 9.81. The maximum absolute atomic E-state index is 11.8. The molecule has 0 aromatic carbocycles. The standard InChI is InChI=1S/C11H11N3O2S/c15-9-7-17-11(10-12-3-4-13-10)14(9)6-8-2-1-5-16-8/h1-5,11H,6-7H2,(H,12,13). The first-order valence-corrected chi connectivity index (χ1v) is 6.32. The number of nitrogens with one attached hydrogen (secondary N) is 1. The molecule has 1 amide bonds. The van der Waals surface area contributed by atoms with Crippen LogP contribution < -0.4 is 0 Å². The second-order valence-electron chi connectivity index (χ2n) is 3.74. The zero-order chi connectivity index (χ0) is 11.7. The van der Waals surface area contributed by atoms with Crippen molar-refractivity contribution in [2.75, 3.05) is 5.75 Å². The lowest BCUT2D eigenvalue weighted by molar-refractivity contribution is -0.129. The van der Waals surface area contributed by atoms with Crippen LogP contribution in [0, 0.1) is 0 Å². The summed E-state index contributed by atoms with van der Waals surface area (Å²) in [6, 6.07) is 3.69. The number of imidazole rings is 1. The number of carbonyl (C=O) groups is 1. The van der Waals surface area contributed by atoms with Crippen molar-refractivity contribution in [2.45, 2.75) is 11.9 Å². The van der Waals surface area contributed by atoms with Crippen molar-refractivity contribution >= 4 is 17.7 Å².